The van der Waals surface area contributed by atoms with E-state index in [-0.39, 0.29) is 12.1 Å². The Balaban J connectivity index is 2.25. The number of fused-ring (bicyclic) bond motifs is 1. The molecule has 4 nitrogen and oxygen atoms in total. The highest BCUT2D eigenvalue weighted by molar-refractivity contribution is 7.16. The fourth-order valence-electron chi connectivity index (χ4n) is 1.76. The first-order chi connectivity index (χ1) is 9.40. The highest BCUT2D eigenvalue weighted by Crippen LogP contribution is 2.22. The number of aromatic nitrogens is 1. The number of carbonyl (C=O) groups excluding carboxylic acids is 1. The number of alkyl halides is 3. The van der Waals surface area contributed by atoms with Gasteiger partial charge < -0.3 is 10.0 Å². The molecule has 0 saturated heterocycles. The smallest absolute Gasteiger partial charge is 0.395 e. The van der Waals surface area contributed by atoms with Crippen molar-refractivity contribution in [1.82, 2.24) is 9.88 Å². The Labute approximate surface area is 116 Å². The SMILES string of the molecule is O=C(c1ccc2ncsc2c1)N(CCO)CC(F)(F)F. The lowest BCUT2D eigenvalue weighted by atomic mass is 10.2. The highest BCUT2D eigenvalue weighted by Gasteiger charge is 2.33. The van der Waals surface area contributed by atoms with Crippen LogP contribution in [-0.2, 0) is 0 Å². The van der Waals surface area contributed by atoms with Crippen LogP contribution in [0.5, 0.6) is 0 Å². The minimum Gasteiger partial charge on any atom is -0.395 e. The van der Waals surface area contributed by atoms with E-state index in [1.54, 1.807) is 11.6 Å². The Morgan fingerprint density at radius 1 is 1.40 bits per heavy atom. The number of thiazole rings is 1. The molecule has 0 unspecified atom stereocenters. The lowest BCUT2D eigenvalue weighted by Crippen LogP contribution is -2.40. The van der Waals surface area contributed by atoms with E-state index in [2.05, 4.69) is 4.98 Å². The van der Waals surface area contributed by atoms with Gasteiger partial charge in [0.05, 0.1) is 22.3 Å². The van der Waals surface area contributed by atoms with Gasteiger partial charge in [-0.1, -0.05) is 0 Å². The number of halogens is 3. The van der Waals surface area contributed by atoms with Crippen LogP contribution >= 0.6 is 11.3 Å². The molecule has 1 amide bonds. The lowest BCUT2D eigenvalue weighted by molar-refractivity contribution is -0.141. The van der Waals surface area contributed by atoms with Crippen LogP contribution in [0.25, 0.3) is 10.2 Å². The average Bonchev–Trinajstić information content (AvgIpc) is 2.83. The molecule has 1 aromatic heterocycles. The molecule has 0 bridgehead atoms. The maximum Gasteiger partial charge on any atom is 0.406 e. The van der Waals surface area contributed by atoms with Crippen molar-refractivity contribution in [1.29, 1.82) is 0 Å². The predicted octanol–water partition coefficient (Wildman–Crippen LogP) is 2.29. The van der Waals surface area contributed by atoms with Crippen LogP contribution in [-0.4, -0.2) is 46.8 Å². The molecule has 0 aliphatic rings. The molecule has 1 N–H and O–H groups in total. The molecule has 20 heavy (non-hydrogen) atoms. The summed E-state index contributed by atoms with van der Waals surface area (Å²) in [7, 11) is 0. The van der Waals surface area contributed by atoms with Crippen molar-refractivity contribution in [3.8, 4) is 0 Å². The van der Waals surface area contributed by atoms with Crippen molar-refractivity contribution in [2.75, 3.05) is 19.7 Å². The van der Waals surface area contributed by atoms with Crippen LogP contribution in [0.4, 0.5) is 13.2 Å². The summed E-state index contributed by atoms with van der Waals surface area (Å²) in [6.07, 6.45) is -4.50. The molecular weight excluding hydrogens is 293 g/mol. The van der Waals surface area contributed by atoms with Crippen LogP contribution in [0.3, 0.4) is 0 Å². The molecule has 0 aliphatic heterocycles. The fourth-order valence-corrected chi connectivity index (χ4v) is 2.48. The first-order valence-corrected chi connectivity index (χ1v) is 6.59. The third-order valence-corrected chi connectivity index (χ3v) is 3.40. The number of carbonyl (C=O) groups is 1. The van der Waals surface area contributed by atoms with E-state index in [0.29, 0.717) is 10.4 Å². The van der Waals surface area contributed by atoms with Crippen LogP contribution in [0, 0.1) is 0 Å². The Hall–Kier alpha value is -1.67. The van der Waals surface area contributed by atoms with Gasteiger partial charge in [-0.05, 0) is 18.2 Å². The van der Waals surface area contributed by atoms with Gasteiger partial charge in [-0.15, -0.1) is 11.3 Å². The molecule has 0 radical (unpaired) electrons. The van der Waals surface area contributed by atoms with E-state index in [4.69, 9.17) is 5.11 Å². The van der Waals surface area contributed by atoms with Crippen molar-refractivity contribution in [2.24, 2.45) is 0 Å². The second kappa shape index (κ2) is 5.76. The number of hydrogen-bond acceptors (Lipinski definition) is 4. The molecule has 1 aromatic carbocycles. The molecule has 8 heteroatoms. The topological polar surface area (TPSA) is 53.4 Å². The number of aliphatic hydroxyl groups excluding tert-OH is 1. The van der Waals surface area contributed by atoms with E-state index in [9.17, 15) is 18.0 Å². The fraction of sp³-hybridized carbons (Fsp3) is 0.333. The van der Waals surface area contributed by atoms with Gasteiger partial charge in [0.15, 0.2) is 0 Å². The Morgan fingerprint density at radius 2 is 2.15 bits per heavy atom. The largest absolute Gasteiger partial charge is 0.406 e. The van der Waals surface area contributed by atoms with Gasteiger partial charge in [0.2, 0.25) is 0 Å². The van der Waals surface area contributed by atoms with Crippen molar-refractivity contribution >= 4 is 27.5 Å². The zero-order valence-corrected chi connectivity index (χ0v) is 11.0. The number of amides is 1. The van der Waals surface area contributed by atoms with Gasteiger partial charge in [-0.2, -0.15) is 13.2 Å². The first-order valence-electron chi connectivity index (χ1n) is 5.71. The lowest BCUT2D eigenvalue weighted by Gasteiger charge is -2.23. The quantitative estimate of drug-likeness (QED) is 0.943. The average molecular weight is 304 g/mol. The van der Waals surface area contributed by atoms with Gasteiger partial charge in [0.1, 0.15) is 6.54 Å². The summed E-state index contributed by atoms with van der Waals surface area (Å²) < 4.78 is 38.0. The van der Waals surface area contributed by atoms with Crippen molar-refractivity contribution in [3.05, 3.63) is 29.3 Å². The first kappa shape index (κ1) is 14.7. The number of benzene rings is 1. The van der Waals surface area contributed by atoms with Crippen LogP contribution in [0.15, 0.2) is 23.7 Å². The predicted molar refractivity (Wildman–Crippen MR) is 68.7 cm³/mol. The number of hydrogen-bond donors (Lipinski definition) is 1. The van der Waals surface area contributed by atoms with E-state index < -0.39 is 25.2 Å². The molecule has 108 valence electrons. The molecule has 2 rings (SSSR count). The standard InChI is InChI=1S/C12H11F3N2O2S/c13-12(14,15)6-17(3-4-18)11(19)8-1-2-9-10(5-8)20-7-16-9/h1-2,5,7,18H,3-4,6H2. The molecule has 0 spiro atoms. The number of aliphatic hydroxyl groups is 1. The van der Waals surface area contributed by atoms with E-state index in [1.165, 1.54) is 23.5 Å². The summed E-state index contributed by atoms with van der Waals surface area (Å²) in [5, 5.41) is 8.80. The van der Waals surface area contributed by atoms with Crippen LogP contribution < -0.4 is 0 Å². The Morgan fingerprint density at radius 3 is 2.80 bits per heavy atom. The molecule has 1 heterocycles. The molecule has 0 atom stereocenters. The Kier molecular flexibility index (Phi) is 4.24. The highest BCUT2D eigenvalue weighted by atomic mass is 32.1. The zero-order chi connectivity index (χ0) is 14.8. The molecule has 0 saturated carbocycles. The van der Waals surface area contributed by atoms with Gasteiger partial charge in [0, 0.05) is 12.1 Å². The number of rotatable bonds is 4. The molecular formula is C12H11F3N2O2S. The summed E-state index contributed by atoms with van der Waals surface area (Å²) in [4.78, 5) is 16.7. The summed E-state index contributed by atoms with van der Waals surface area (Å²) in [6, 6.07) is 4.53. The van der Waals surface area contributed by atoms with Crippen molar-refractivity contribution in [2.45, 2.75) is 6.18 Å². The molecule has 0 aliphatic carbocycles. The minimum absolute atomic E-state index is 0.152. The van der Waals surface area contributed by atoms with Gasteiger partial charge in [-0.3, -0.25) is 4.79 Å². The monoisotopic (exact) mass is 304 g/mol. The van der Waals surface area contributed by atoms with E-state index in [0.717, 1.165) is 4.70 Å². The van der Waals surface area contributed by atoms with Crippen LogP contribution in [0.1, 0.15) is 10.4 Å². The summed E-state index contributed by atoms with van der Waals surface area (Å²) in [5.41, 5.74) is 2.44. The second-order valence-corrected chi connectivity index (χ2v) is 4.99. The zero-order valence-electron chi connectivity index (χ0n) is 10.2. The third kappa shape index (κ3) is 3.45. The molecule has 0 fully saturated rings. The number of nitrogens with zero attached hydrogens (tertiary/aromatic N) is 2. The van der Waals surface area contributed by atoms with E-state index in [1.807, 2.05) is 0 Å². The van der Waals surface area contributed by atoms with Gasteiger partial charge in [-0.25, -0.2) is 4.98 Å². The summed E-state index contributed by atoms with van der Waals surface area (Å²) >= 11 is 1.30. The van der Waals surface area contributed by atoms with Gasteiger partial charge >= 0.3 is 6.18 Å². The minimum atomic E-state index is -4.50. The van der Waals surface area contributed by atoms with Crippen molar-refractivity contribution < 1.29 is 23.1 Å². The summed E-state index contributed by atoms with van der Waals surface area (Å²) in [5.74, 6) is -0.758. The molecule has 2 aromatic rings. The maximum absolute atomic E-state index is 12.4. The third-order valence-electron chi connectivity index (χ3n) is 2.61. The second-order valence-electron chi connectivity index (χ2n) is 4.10. The van der Waals surface area contributed by atoms with Crippen LogP contribution in [0.2, 0.25) is 0 Å². The van der Waals surface area contributed by atoms with Crippen molar-refractivity contribution in [3.63, 3.8) is 0 Å². The normalized spacial score (nSPS) is 11.8. The van der Waals surface area contributed by atoms with E-state index >= 15 is 0 Å². The van der Waals surface area contributed by atoms with Gasteiger partial charge in [0.25, 0.3) is 5.91 Å². The summed E-state index contributed by atoms with van der Waals surface area (Å²) in [6.45, 7) is -2.27. The maximum atomic E-state index is 12.4. The Bertz CT molecular complexity index is 612.